The molecule has 2 aliphatic heterocycles. The quantitative estimate of drug-likeness (QED) is 0.372. The van der Waals surface area contributed by atoms with E-state index in [0.29, 0.717) is 5.92 Å². The SMILES string of the molecule is CC1=C2C[C@@H]3C(CN4CCN(c5ncccn5)CC4)C(=O)O[C@@H]3C[C@@]2(C)CCC1.O=C(O)C(=O)O. The van der Waals surface area contributed by atoms with Gasteiger partial charge in [0.05, 0.1) is 5.92 Å². The standard InChI is InChI=1S/C23H32N4O2.C2H2O4/c1-16-5-3-6-23(2)14-20-17(13-19(16)23)18(21(28)29-20)15-26-9-11-27(12-10-26)22-24-7-4-8-25-22;3-1(4)2(5)6/h4,7-8,17-18,20H,3,5-6,9-15H2,1-2H3;(H,3,4)(H,5,6)/t17-,18?,20-,23-;/m1./s1. The van der Waals surface area contributed by atoms with Crippen LogP contribution in [0.4, 0.5) is 5.95 Å². The number of hydrogen-bond acceptors (Lipinski definition) is 8. The van der Waals surface area contributed by atoms with Gasteiger partial charge in [-0.25, -0.2) is 19.6 Å². The van der Waals surface area contributed by atoms with Gasteiger partial charge in [-0.15, -0.1) is 0 Å². The van der Waals surface area contributed by atoms with E-state index >= 15 is 0 Å². The summed E-state index contributed by atoms with van der Waals surface area (Å²) >= 11 is 0. The minimum atomic E-state index is -1.82. The summed E-state index contributed by atoms with van der Waals surface area (Å²) in [6.45, 7) is 9.23. The van der Waals surface area contributed by atoms with Crippen molar-refractivity contribution in [2.45, 2.75) is 52.1 Å². The van der Waals surface area contributed by atoms with Gasteiger partial charge in [0, 0.05) is 51.0 Å². The van der Waals surface area contributed by atoms with Crippen molar-refractivity contribution in [2.75, 3.05) is 37.6 Å². The Morgan fingerprint density at radius 1 is 1.14 bits per heavy atom. The normalized spacial score (nSPS) is 30.5. The van der Waals surface area contributed by atoms with E-state index in [1.165, 1.54) is 19.3 Å². The maximum Gasteiger partial charge on any atom is 0.414 e. The van der Waals surface area contributed by atoms with Gasteiger partial charge in [-0.1, -0.05) is 18.1 Å². The monoisotopic (exact) mass is 486 g/mol. The lowest BCUT2D eigenvalue weighted by molar-refractivity contribution is -0.159. The van der Waals surface area contributed by atoms with Crippen molar-refractivity contribution >= 4 is 23.9 Å². The maximum atomic E-state index is 12.8. The molecule has 2 N–H and O–H groups in total. The molecule has 35 heavy (non-hydrogen) atoms. The number of ether oxygens (including phenoxy) is 1. The van der Waals surface area contributed by atoms with Crippen molar-refractivity contribution in [2.24, 2.45) is 17.3 Å². The zero-order valence-corrected chi connectivity index (χ0v) is 20.4. The van der Waals surface area contributed by atoms with Gasteiger partial charge in [-0.05, 0) is 50.5 Å². The highest BCUT2D eigenvalue weighted by molar-refractivity contribution is 6.27. The van der Waals surface area contributed by atoms with Crippen molar-refractivity contribution in [1.29, 1.82) is 0 Å². The Morgan fingerprint density at radius 3 is 2.43 bits per heavy atom. The van der Waals surface area contributed by atoms with E-state index in [2.05, 4.69) is 33.6 Å². The molecule has 0 spiro atoms. The first-order valence-electron chi connectivity index (χ1n) is 12.3. The fraction of sp³-hybridized carbons (Fsp3) is 0.640. The third kappa shape index (κ3) is 5.47. The highest BCUT2D eigenvalue weighted by atomic mass is 16.6. The number of anilines is 1. The predicted molar refractivity (Wildman–Crippen MR) is 127 cm³/mol. The number of esters is 1. The lowest BCUT2D eigenvalue weighted by Gasteiger charge is -2.46. The second-order valence-electron chi connectivity index (χ2n) is 10.3. The second kappa shape index (κ2) is 10.3. The highest BCUT2D eigenvalue weighted by Crippen LogP contribution is 2.55. The van der Waals surface area contributed by atoms with Crippen LogP contribution >= 0.6 is 0 Å². The molecule has 0 radical (unpaired) electrons. The Bertz CT molecular complexity index is 979. The first-order valence-corrected chi connectivity index (χ1v) is 12.3. The third-order valence-electron chi connectivity index (χ3n) is 8.03. The molecule has 1 unspecified atom stereocenters. The molecule has 4 aliphatic rings. The van der Waals surface area contributed by atoms with Gasteiger partial charge in [0.2, 0.25) is 5.95 Å². The van der Waals surface area contributed by atoms with Crippen LogP contribution in [0.15, 0.2) is 29.6 Å². The number of rotatable bonds is 3. The molecule has 1 saturated carbocycles. The minimum absolute atomic E-state index is 0.0197. The molecule has 1 aromatic rings. The van der Waals surface area contributed by atoms with E-state index in [0.717, 1.165) is 51.5 Å². The number of carboxylic acids is 2. The first kappa shape index (κ1) is 25.1. The Hall–Kier alpha value is -3.01. The minimum Gasteiger partial charge on any atom is -0.473 e. The number of carboxylic acid groups (broad SMARTS) is 2. The van der Waals surface area contributed by atoms with Gasteiger partial charge in [0.15, 0.2) is 0 Å². The van der Waals surface area contributed by atoms with Crippen LogP contribution in [0.5, 0.6) is 0 Å². The van der Waals surface area contributed by atoms with Gasteiger partial charge in [0.25, 0.3) is 0 Å². The summed E-state index contributed by atoms with van der Waals surface area (Å²) in [5.41, 5.74) is 3.46. The molecule has 3 heterocycles. The number of hydrogen-bond donors (Lipinski definition) is 2. The summed E-state index contributed by atoms with van der Waals surface area (Å²) in [4.78, 5) is 44.4. The maximum absolute atomic E-state index is 12.8. The molecule has 10 nitrogen and oxygen atoms in total. The molecule has 5 rings (SSSR count). The van der Waals surface area contributed by atoms with Crippen LogP contribution in [0.3, 0.4) is 0 Å². The van der Waals surface area contributed by atoms with E-state index in [1.54, 1.807) is 23.5 Å². The molecule has 2 aliphatic carbocycles. The molecule has 0 aromatic carbocycles. The Labute approximate surface area is 205 Å². The van der Waals surface area contributed by atoms with Crippen LogP contribution in [0.2, 0.25) is 0 Å². The number of nitrogens with zero attached hydrogens (tertiary/aromatic N) is 4. The molecular weight excluding hydrogens is 452 g/mol. The van der Waals surface area contributed by atoms with Gasteiger partial charge >= 0.3 is 17.9 Å². The highest BCUT2D eigenvalue weighted by Gasteiger charge is 2.53. The summed E-state index contributed by atoms with van der Waals surface area (Å²) in [5.74, 6) is -2.43. The Morgan fingerprint density at radius 2 is 1.80 bits per heavy atom. The number of carbonyl (C=O) groups excluding carboxylic acids is 1. The van der Waals surface area contributed by atoms with Crippen molar-refractivity contribution < 1.29 is 29.3 Å². The summed E-state index contributed by atoms with van der Waals surface area (Å²) in [6.07, 6.45) is 9.53. The van der Waals surface area contributed by atoms with Gasteiger partial charge in [0.1, 0.15) is 6.10 Å². The van der Waals surface area contributed by atoms with E-state index in [-0.39, 0.29) is 23.4 Å². The molecule has 3 fully saturated rings. The van der Waals surface area contributed by atoms with E-state index in [1.807, 2.05) is 6.07 Å². The van der Waals surface area contributed by atoms with E-state index in [4.69, 9.17) is 24.5 Å². The summed E-state index contributed by atoms with van der Waals surface area (Å²) in [7, 11) is 0. The molecule has 4 atom stereocenters. The lowest BCUT2D eigenvalue weighted by atomic mass is 9.59. The topological polar surface area (TPSA) is 133 Å². The van der Waals surface area contributed by atoms with Crippen molar-refractivity contribution in [3.63, 3.8) is 0 Å². The summed E-state index contributed by atoms with van der Waals surface area (Å²) in [5, 5.41) is 14.8. The average molecular weight is 487 g/mol. The number of fused-ring (bicyclic) bond motifs is 2. The number of allylic oxidation sites excluding steroid dienone is 2. The molecule has 10 heteroatoms. The number of aromatic nitrogens is 2. The molecule has 2 saturated heterocycles. The van der Waals surface area contributed by atoms with Crippen LogP contribution in [0, 0.1) is 17.3 Å². The lowest BCUT2D eigenvalue weighted by Crippen LogP contribution is -2.49. The molecular formula is C25H34N4O6. The number of carbonyl (C=O) groups is 3. The number of piperazine rings is 1. The zero-order chi connectivity index (χ0) is 25.2. The zero-order valence-electron chi connectivity index (χ0n) is 20.4. The summed E-state index contributed by atoms with van der Waals surface area (Å²) < 4.78 is 5.94. The van der Waals surface area contributed by atoms with Crippen molar-refractivity contribution in [3.8, 4) is 0 Å². The van der Waals surface area contributed by atoms with Crippen LogP contribution in [-0.4, -0.2) is 81.8 Å². The predicted octanol–water partition coefficient (Wildman–Crippen LogP) is 2.21. The molecule has 0 bridgehead atoms. The molecule has 1 aromatic heterocycles. The molecule has 0 amide bonds. The van der Waals surface area contributed by atoms with Crippen LogP contribution in [0.1, 0.15) is 46.0 Å². The third-order valence-corrected chi connectivity index (χ3v) is 8.03. The van der Waals surface area contributed by atoms with Crippen LogP contribution < -0.4 is 4.90 Å². The van der Waals surface area contributed by atoms with Gasteiger partial charge in [-0.2, -0.15) is 0 Å². The second-order valence-corrected chi connectivity index (χ2v) is 10.3. The fourth-order valence-corrected chi connectivity index (χ4v) is 6.18. The average Bonchev–Trinajstić information content (AvgIpc) is 3.12. The molecule has 190 valence electrons. The van der Waals surface area contributed by atoms with Gasteiger partial charge < -0.3 is 19.8 Å². The van der Waals surface area contributed by atoms with Gasteiger partial charge in [-0.3, -0.25) is 9.69 Å². The fourth-order valence-electron chi connectivity index (χ4n) is 6.18. The largest absolute Gasteiger partial charge is 0.473 e. The Kier molecular flexibility index (Phi) is 7.39. The summed E-state index contributed by atoms with van der Waals surface area (Å²) in [6, 6.07) is 1.85. The Balaban J connectivity index is 0.000000431. The van der Waals surface area contributed by atoms with Crippen LogP contribution in [-0.2, 0) is 19.1 Å². The van der Waals surface area contributed by atoms with Crippen molar-refractivity contribution in [3.05, 3.63) is 29.6 Å². The first-order chi connectivity index (χ1) is 16.7. The number of aliphatic carboxylic acids is 2. The van der Waals surface area contributed by atoms with Crippen LogP contribution in [0.25, 0.3) is 0 Å². The van der Waals surface area contributed by atoms with E-state index in [9.17, 15) is 4.79 Å². The smallest absolute Gasteiger partial charge is 0.414 e. The van der Waals surface area contributed by atoms with Crippen molar-refractivity contribution in [1.82, 2.24) is 14.9 Å². The van der Waals surface area contributed by atoms with E-state index < -0.39 is 11.9 Å².